The van der Waals surface area contributed by atoms with Gasteiger partial charge < -0.3 is 15.5 Å². The predicted octanol–water partition coefficient (Wildman–Crippen LogP) is 0.0895. The second-order valence-electron chi connectivity index (χ2n) is 3.67. The molecule has 1 rings (SSSR count). The summed E-state index contributed by atoms with van der Waals surface area (Å²) in [5, 5.41) is 0. The van der Waals surface area contributed by atoms with Gasteiger partial charge in [-0.2, -0.15) is 0 Å². The maximum Gasteiger partial charge on any atom is 0.319 e. The van der Waals surface area contributed by atoms with Crippen molar-refractivity contribution in [1.82, 2.24) is 9.80 Å². The first-order valence-corrected chi connectivity index (χ1v) is 4.26. The number of urea groups is 1. The van der Waals surface area contributed by atoms with Gasteiger partial charge in [-0.3, -0.25) is 0 Å². The van der Waals surface area contributed by atoms with E-state index in [2.05, 4.69) is 0 Å². The van der Waals surface area contributed by atoms with Crippen LogP contribution in [0.5, 0.6) is 0 Å². The van der Waals surface area contributed by atoms with Crippen molar-refractivity contribution in [3.05, 3.63) is 0 Å². The van der Waals surface area contributed by atoms with E-state index in [1.165, 1.54) is 0 Å². The average Bonchev–Trinajstić information content (AvgIpc) is 2.28. The highest BCUT2D eigenvalue weighted by Gasteiger charge is 2.30. The Hall–Kier alpha value is -0.770. The summed E-state index contributed by atoms with van der Waals surface area (Å²) in [6, 6.07) is 0.509. The zero-order chi connectivity index (χ0) is 9.30. The Morgan fingerprint density at radius 1 is 1.58 bits per heavy atom. The van der Waals surface area contributed by atoms with Crippen LogP contribution < -0.4 is 5.73 Å². The lowest BCUT2D eigenvalue weighted by Gasteiger charge is -2.25. The minimum absolute atomic E-state index is 0.0652. The molecule has 1 fully saturated rings. The van der Waals surface area contributed by atoms with E-state index in [0.717, 1.165) is 6.42 Å². The number of nitrogens with two attached hydrogens (primary N) is 1. The maximum absolute atomic E-state index is 11.5. The molecular weight excluding hydrogens is 154 g/mol. The summed E-state index contributed by atoms with van der Waals surface area (Å²) >= 11 is 0. The van der Waals surface area contributed by atoms with Crippen LogP contribution in [0.25, 0.3) is 0 Å². The molecule has 2 N–H and O–H groups in total. The number of rotatable bonds is 0. The summed E-state index contributed by atoms with van der Waals surface area (Å²) in [5.74, 6) is 0. The summed E-state index contributed by atoms with van der Waals surface area (Å²) in [5.41, 5.74) is 5.74. The van der Waals surface area contributed by atoms with Crippen LogP contribution >= 0.6 is 0 Å². The van der Waals surface area contributed by atoms with E-state index in [1.54, 1.807) is 19.0 Å². The standard InChI is InChI=1S/C8H17N3O/c1-6-4-7(9)5-11(6)8(12)10(2)3/h6-7H,4-5,9H2,1-3H3. The molecule has 1 heterocycles. The van der Waals surface area contributed by atoms with Crippen molar-refractivity contribution < 1.29 is 4.79 Å². The van der Waals surface area contributed by atoms with Crippen LogP contribution in [0.2, 0.25) is 0 Å². The molecule has 0 aromatic rings. The van der Waals surface area contributed by atoms with Crippen LogP contribution in [-0.4, -0.2) is 48.6 Å². The molecule has 0 bridgehead atoms. The van der Waals surface area contributed by atoms with Crippen molar-refractivity contribution in [3.8, 4) is 0 Å². The molecule has 2 atom stereocenters. The van der Waals surface area contributed by atoms with Crippen molar-refractivity contribution in [3.63, 3.8) is 0 Å². The summed E-state index contributed by atoms with van der Waals surface area (Å²) in [6.45, 7) is 2.73. The van der Waals surface area contributed by atoms with Crippen molar-refractivity contribution in [2.75, 3.05) is 20.6 Å². The first kappa shape index (κ1) is 9.32. The zero-order valence-corrected chi connectivity index (χ0v) is 7.95. The number of carbonyl (C=O) groups excluding carboxylic acids is 1. The first-order valence-electron chi connectivity index (χ1n) is 4.26. The fourth-order valence-corrected chi connectivity index (χ4v) is 1.60. The van der Waals surface area contributed by atoms with Gasteiger partial charge in [0.1, 0.15) is 0 Å². The molecule has 4 heteroatoms. The van der Waals surface area contributed by atoms with E-state index in [4.69, 9.17) is 5.73 Å². The number of nitrogens with zero attached hydrogens (tertiary/aromatic N) is 2. The molecule has 0 aromatic carbocycles. The topological polar surface area (TPSA) is 49.6 Å². The molecule has 0 aromatic heterocycles. The number of likely N-dealkylation sites (tertiary alicyclic amines) is 1. The highest BCUT2D eigenvalue weighted by atomic mass is 16.2. The van der Waals surface area contributed by atoms with E-state index in [1.807, 2.05) is 11.8 Å². The number of carbonyl (C=O) groups is 1. The molecule has 4 nitrogen and oxygen atoms in total. The van der Waals surface area contributed by atoms with Crippen LogP contribution in [0.1, 0.15) is 13.3 Å². The van der Waals surface area contributed by atoms with Gasteiger partial charge in [0.2, 0.25) is 0 Å². The Labute approximate surface area is 73.3 Å². The summed E-state index contributed by atoms with van der Waals surface area (Å²) in [4.78, 5) is 14.9. The van der Waals surface area contributed by atoms with E-state index >= 15 is 0 Å². The van der Waals surface area contributed by atoms with Crippen LogP contribution in [-0.2, 0) is 0 Å². The predicted molar refractivity (Wildman–Crippen MR) is 47.8 cm³/mol. The Morgan fingerprint density at radius 2 is 2.17 bits per heavy atom. The lowest BCUT2D eigenvalue weighted by atomic mass is 10.2. The fourth-order valence-electron chi connectivity index (χ4n) is 1.60. The van der Waals surface area contributed by atoms with Crippen LogP contribution in [0.15, 0.2) is 0 Å². The number of hydrogen-bond donors (Lipinski definition) is 1. The largest absolute Gasteiger partial charge is 0.331 e. The van der Waals surface area contributed by atoms with Gasteiger partial charge in [0, 0.05) is 32.7 Å². The van der Waals surface area contributed by atoms with Crippen LogP contribution in [0.3, 0.4) is 0 Å². The molecule has 1 aliphatic heterocycles. The molecular formula is C8H17N3O. The third-order valence-electron chi connectivity index (χ3n) is 2.24. The zero-order valence-electron chi connectivity index (χ0n) is 7.95. The fraction of sp³-hybridized carbons (Fsp3) is 0.875. The smallest absolute Gasteiger partial charge is 0.319 e. The molecule has 0 aliphatic carbocycles. The second kappa shape index (κ2) is 3.31. The van der Waals surface area contributed by atoms with Gasteiger partial charge in [-0.25, -0.2) is 4.79 Å². The van der Waals surface area contributed by atoms with Gasteiger partial charge in [0.05, 0.1) is 0 Å². The molecule has 2 unspecified atom stereocenters. The van der Waals surface area contributed by atoms with E-state index in [-0.39, 0.29) is 18.1 Å². The third kappa shape index (κ3) is 1.69. The first-order chi connectivity index (χ1) is 5.52. The van der Waals surface area contributed by atoms with Crippen molar-refractivity contribution >= 4 is 6.03 Å². The Morgan fingerprint density at radius 3 is 2.50 bits per heavy atom. The maximum atomic E-state index is 11.5. The molecule has 1 saturated heterocycles. The van der Waals surface area contributed by atoms with Gasteiger partial charge in [-0.15, -0.1) is 0 Å². The van der Waals surface area contributed by atoms with Gasteiger partial charge >= 0.3 is 6.03 Å². The summed E-state index contributed by atoms with van der Waals surface area (Å²) < 4.78 is 0. The normalized spacial score (nSPS) is 29.2. The van der Waals surface area contributed by atoms with Gasteiger partial charge in [0.15, 0.2) is 0 Å². The molecule has 12 heavy (non-hydrogen) atoms. The van der Waals surface area contributed by atoms with E-state index in [0.29, 0.717) is 6.54 Å². The number of hydrogen-bond acceptors (Lipinski definition) is 2. The quantitative estimate of drug-likeness (QED) is 0.561. The summed E-state index contributed by atoms with van der Waals surface area (Å²) in [7, 11) is 3.53. The Bertz CT molecular complexity index is 181. The SMILES string of the molecule is CC1CC(N)CN1C(=O)N(C)C. The summed E-state index contributed by atoms with van der Waals surface area (Å²) in [6.07, 6.45) is 0.916. The van der Waals surface area contributed by atoms with E-state index < -0.39 is 0 Å². The highest BCUT2D eigenvalue weighted by Crippen LogP contribution is 2.16. The van der Waals surface area contributed by atoms with Crippen molar-refractivity contribution in [1.29, 1.82) is 0 Å². The second-order valence-corrected chi connectivity index (χ2v) is 3.67. The molecule has 70 valence electrons. The lowest BCUT2D eigenvalue weighted by Crippen LogP contribution is -2.41. The van der Waals surface area contributed by atoms with E-state index in [9.17, 15) is 4.79 Å². The molecule has 0 saturated carbocycles. The van der Waals surface area contributed by atoms with Gasteiger partial charge in [0.25, 0.3) is 0 Å². The number of amides is 2. The third-order valence-corrected chi connectivity index (χ3v) is 2.24. The minimum Gasteiger partial charge on any atom is -0.331 e. The lowest BCUT2D eigenvalue weighted by molar-refractivity contribution is 0.169. The van der Waals surface area contributed by atoms with Crippen LogP contribution in [0, 0.1) is 0 Å². The monoisotopic (exact) mass is 171 g/mol. The Balaban J connectivity index is 2.58. The van der Waals surface area contributed by atoms with Gasteiger partial charge in [-0.05, 0) is 13.3 Å². The molecule has 1 aliphatic rings. The Kier molecular flexibility index (Phi) is 2.57. The van der Waals surface area contributed by atoms with Crippen molar-refractivity contribution in [2.45, 2.75) is 25.4 Å². The molecule has 0 spiro atoms. The average molecular weight is 171 g/mol. The molecule has 2 amide bonds. The highest BCUT2D eigenvalue weighted by molar-refractivity contribution is 5.74. The van der Waals surface area contributed by atoms with Gasteiger partial charge in [-0.1, -0.05) is 0 Å². The molecule has 0 radical (unpaired) electrons. The van der Waals surface area contributed by atoms with Crippen molar-refractivity contribution in [2.24, 2.45) is 5.73 Å². The van der Waals surface area contributed by atoms with Crippen LogP contribution in [0.4, 0.5) is 4.79 Å². The minimum atomic E-state index is 0.0652.